The molecule has 0 unspecified atom stereocenters. The van der Waals surface area contributed by atoms with Gasteiger partial charge in [0.2, 0.25) is 5.91 Å². The molecule has 0 bridgehead atoms. The van der Waals surface area contributed by atoms with Gasteiger partial charge in [0.15, 0.2) is 0 Å². The summed E-state index contributed by atoms with van der Waals surface area (Å²) in [4.78, 5) is 13.4. The summed E-state index contributed by atoms with van der Waals surface area (Å²) < 4.78 is 37.5. The SMILES string of the molecule is [CH2]CC[C@H](COP(=O)(OCc1ccccc1)OCc1ccccc1)NC(=O)C[C@@H](CCCCCCCCCCC)OCc1ccccc1. The summed E-state index contributed by atoms with van der Waals surface area (Å²) >= 11 is 0. The van der Waals surface area contributed by atoms with Crippen molar-refractivity contribution in [1.29, 1.82) is 0 Å². The fraction of sp³-hybridized carbons (Fsp3) is 0.500. The number of hydrogen-bond donors (Lipinski definition) is 1. The number of unbranched alkanes of at least 4 members (excludes halogenated alkanes) is 8. The number of nitrogens with one attached hydrogen (secondary N) is 1. The maximum atomic E-state index is 13.8. The molecule has 0 aliphatic heterocycles. The Hall–Kier alpha value is -2.80. The molecular formula is C40H57NO6P. The Kier molecular flexibility index (Phi) is 20.1. The van der Waals surface area contributed by atoms with Crippen molar-refractivity contribution in [3.63, 3.8) is 0 Å². The lowest BCUT2D eigenvalue weighted by molar-refractivity contribution is -0.125. The summed E-state index contributed by atoms with van der Waals surface area (Å²) in [5.74, 6) is -0.128. The molecule has 0 aliphatic carbocycles. The van der Waals surface area contributed by atoms with Gasteiger partial charge in [-0.1, -0.05) is 169 Å². The van der Waals surface area contributed by atoms with E-state index >= 15 is 0 Å². The number of benzene rings is 3. The van der Waals surface area contributed by atoms with Crippen molar-refractivity contribution in [2.75, 3.05) is 6.61 Å². The maximum absolute atomic E-state index is 13.8. The van der Waals surface area contributed by atoms with Crippen LogP contribution in [0.25, 0.3) is 0 Å². The number of phosphoric acid groups is 1. The minimum Gasteiger partial charge on any atom is -0.373 e. The van der Waals surface area contributed by atoms with E-state index in [0.717, 1.165) is 36.0 Å². The van der Waals surface area contributed by atoms with Crippen LogP contribution in [0.5, 0.6) is 0 Å². The lowest BCUT2D eigenvalue weighted by atomic mass is 10.0. The van der Waals surface area contributed by atoms with Gasteiger partial charge in [0.25, 0.3) is 0 Å². The number of phosphoric ester groups is 1. The van der Waals surface area contributed by atoms with Crippen molar-refractivity contribution in [3.8, 4) is 0 Å². The van der Waals surface area contributed by atoms with Crippen LogP contribution in [0.1, 0.15) is 107 Å². The normalized spacial score (nSPS) is 12.9. The second-order valence-electron chi connectivity index (χ2n) is 12.4. The molecule has 8 heteroatoms. The van der Waals surface area contributed by atoms with Crippen molar-refractivity contribution in [2.45, 2.75) is 122 Å². The van der Waals surface area contributed by atoms with Gasteiger partial charge in [0, 0.05) is 0 Å². The third-order valence-corrected chi connectivity index (χ3v) is 9.54. The van der Waals surface area contributed by atoms with Gasteiger partial charge in [-0.3, -0.25) is 18.4 Å². The summed E-state index contributed by atoms with van der Waals surface area (Å²) in [6, 6.07) is 28.6. The van der Waals surface area contributed by atoms with Crippen molar-refractivity contribution >= 4 is 13.7 Å². The number of hydrogen-bond acceptors (Lipinski definition) is 6. The topological polar surface area (TPSA) is 83.1 Å². The van der Waals surface area contributed by atoms with Crippen LogP contribution >= 0.6 is 7.82 Å². The molecule has 1 amide bonds. The molecule has 7 nitrogen and oxygen atoms in total. The molecular weight excluding hydrogens is 621 g/mol. The van der Waals surface area contributed by atoms with Gasteiger partial charge >= 0.3 is 7.82 Å². The van der Waals surface area contributed by atoms with Crippen LogP contribution < -0.4 is 5.32 Å². The lowest BCUT2D eigenvalue weighted by Gasteiger charge is -2.24. The minimum atomic E-state index is -3.97. The second-order valence-corrected chi connectivity index (χ2v) is 14.1. The number of ether oxygens (including phenoxy) is 1. The average Bonchev–Trinajstić information content (AvgIpc) is 3.12. The molecule has 0 fully saturated rings. The monoisotopic (exact) mass is 678 g/mol. The van der Waals surface area contributed by atoms with Gasteiger partial charge in [-0.2, -0.15) is 0 Å². The third-order valence-electron chi connectivity index (χ3n) is 8.19. The zero-order valence-electron chi connectivity index (χ0n) is 28.9. The maximum Gasteiger partial charge on any atom is 0.475 e. The predicted molar refractivity (Wildman–Crippen MR) is 194 cm³/mol. The third kappa shape index (κ3) is 17.6. The van der Waals surface area contributed by atoms with E-state index in [0.29, 0.717) is 19.4 Å². The van der Waals surface area contributed by atoms with Gasteiger partial charge in [0.1, 0.15) is 0 Å². The fourth-order valence-corrected chi connectivity index (χ4v) is 6.60. The molecule has 0 saturated carbocycles. The van der Waals surface area contributed by atoms with E-state index in [1.165, 1.54) is 44.9 Å². The molecule has 48 heavy (non-hydrogen) atoms. The van der Waals surface area contributed by atoms with Crippen LogP contribution in [-0.4, -0.2) is 24.7 Å². The average molecular weight is 679 g/mol. The van der Waals surface area contributed by atoms with Gasteiger partial charge in [-0.05, 0) is 29.5 Å². The Bertz CT molecular complexity index is 1230. The molecule has 0 aliphatic rings. The number of carbonyl (C=O) groups excluding carboxylic acids is 1. The van der Waals surface area contributed by atoms with E-state index in [-0.39, 0.29) is 38.3 Å². The standard InChI is InChI=1S/C40H57NO6P/c1-3-5-6-7-8-9-10-11-21-29-39(44-31-35-23-15-12-16-24-35)30-40(42)41-38(22-4-2)34-47-48(43,45-32-36-25-17-13-18-26-36)46-33-37-27-19-14-20-28-37/h12-20,23-28,38-39H,2-11,21-22,29-34H2,1H3,(H,41,42)/t38-,39-/m1/s1. The van der Waals surface area contributed by atoms with Gasteiger partial charge in [0.05, 0.1) is 45.0 Å². The lowest BCUT2D eigenvalue weighted by Crippen LogP contribution is -2.39. The highest BCUT2D eigenvalue weighted by Gasteiger charge is 2.29. The molecule has 1 N–H and O–H groups in total. The molecule has 2 atom stereocenters. The van der Waals surface area contributed by atoms with E-state index < -0.39 is 13.9 Å². The van der Waals surface area contributed by atoms with Crippen LogP contribution in [0.4, 0.5) is 0 Å². The first-order valence-corrected chi connectivity index (χ1v) is 19.3. The first kappa shape index (κ1) is 39.6. The highest BCUT2D eigenvalue weighted by Crippen LogP contribution is 2.51. The van der Waals surface area contributed by atoms with Crippen LogP contribution in [0, 0.1) is 6.92 Å². The van der Waals surface area contributed by atoms with Crippen LogP contribution in [0.2, 0.25) is 0 Å². The van der Waals surface area contributed by atoms with E-state index in [9.17, 15) is 9.36 Å². The Morgan fingerprint density at radius 3 is 1.65 bits per heavy atom. The van der Waals surface area contributed by atoms with E-state index in [1.807, 2.05) is 91.0 Å². The summed E-state index contributed by atoms with van der Waals surface area (Å²) in [6.07, 6.45) is 13.2. The fourth-order valence-electron chi connectivity index (χ4n) is 5.40. The molecule has 3 rings (SSSR count). The number of carbonyl (C=O) groups is 1. The first-order chi connectivity index (χ1) is 23.5. The summed E-state index contributed by atoms with van der Waals surface area (Å²) in [6.45, 7) is 6.79. The molecule has 0 spiro atoms. The van der Waals surface area contributed by atoms with Crippen LogP contribution in [-0.2, 0) is 47.5 Å². The van der Waals surface area contributed by atoms with Crippen LogP contribution in [0.3, 0.4) is 0 Å². The smallest absolute Gasteiger partial charge is 0.373 e. The highest BCUT2D eigenvalue weighted by molar-refractivity contribution is 7.48. The molecule has 3 aromatic carbocycles. The van der Waals surface area contributed by atoms with Crippen molar-refractivity contribution in [3.05, 3.63) is 115 Å². The van der Waals surface area contributed by atoms with Crippen molar-refractivity contribution in [1.82, 2.24) is 5.32 Å². The Morgan fingerprint density at radius 1 is 0.667 bits per heavy atom. The van der Waals surface area contributed by atoms with Crippen LogP contribution in [0.15, 0.2) is 91.0 Å². The predicted octanol–water partition coefficient (Wildman–Crippen LogP) is 10.5. The summed E-state index contributed by atoms with van der Waals surface area (Å²) in [5, 5.41) is 3.09. The van der Waals surface area contributed by atoms with Gasteiger partial charge in [-0.25, -0.2) is 4.57 Å². The number of rotatable bonds is 27. The largest absolute Gasteiger partial charge is 0.475 e. The van der Waals surface area contributed by atoms with Gasteiger partial charge in [-0.15, -0.1) is 0 Å². The Morgan fingerprint density at radius 2 is 1.15 bits per heavy atom. The second kappa shape index (κ2) is 24.4. The first-order valence-electron chi connectivity index (χ1n) is 17.8. The molecule has 0 heterocycles. The molecule has 0 saturated heterocycles. The van der Waals surface area contributed by atoms with E-state index in [1.54, 1.807) is 0 Å². The molecule has 3 aromatic rings. The van der Waals surface area contributed by atoms with E-state index in [2.05, 4.69) is 19.2 Å². The summed E-state index contributed by atoms with van der Waals surface area (Å²) in [7, 11) is -3.97. The zero-order chi connectivity index (χ0) is 34.1. The minimum absolute atomic E-state index is 0.0318. The Labute approximate surface area is 289 Å². The summed E-state index contributed by atoms with van der Waals surface area (Å²) in [5.41, 5.74) is 2.78. The number of amides is 1. The van der Waals surface area contributed by atoms with Gasteiger partial charge < -0.3 is 10.1 Å². The quantitative estimate of drug-likeness (QED) is 0.0638. The van der Waals surface area contributed by atoms with E-state index in [4.69, 9.17) is 18.3 Å². The van der Waals surface area contributed by atoms with Crippen molar-refractivity contribution in [2.24, 2.45) is 0 Å². The van der Waals surface area contributed by atoms with Crippen molar-refractivity contribution < 1.29 is 27.7 Å². The highest BCUT2D eigenvalue weighted by atomic mass is 31.2. The Balaban J connectivity index is 1.55. The molecule has 0 aromatic heterocycles. The molecule has 1 radical (unpaired) electrons. The molecule has 263 valence electrons. The zero-order valence-corrected chi connectivity index (χ0v) is 29.8.